The number of nitrogens with one attached hydrogen (secondary N) is 1. The number of rotatable bonds is 3. The summed E-state index contributed by atoms with van der Waals surface area (Å²) >= 11 is 1.47. The normalized spacial score (nSPS) is 15.4. The molecular weight excluding hydrogens is 282 g/mol. The maximum Gasteiger partial charge on any atom is 0.135 e. The average Bonchev–Trinajstić information content (AvgIpc) is 3.05. The summed E-state index contributed by atoms with van der Waals surface area (Å²) in [7, 11) is 0. The maximum absolute atomic E-state index is 10.2. The Morgan fingerprint density at radius 1 is 1.29 bits per heavy atom. The molecule has 3 rings (SSSR count). The van der Waals surface area contributed by atoms with Crippen molar-refractivity contribution >= 4 is 22.7 Å². The number of aromatic nitrogens is 1. The molecular formula is C16H17N3OS. The highest BCUT2D eigenvalue weighted by molar-refractivity contribution is 7.11. The van der Waals surface area contributed by atoms with Crippen molar-refractivity contribution in [1.82, 2.24) is 9.88 Å². The lowest BCUT2D eigenvalue weighted by Gasteiger charge is -2.22. The van der Waals surface area contributed by atoms with Gasteiger partial charge in [-0.1, -0.05) is 30.3 Å². The predicted octanol–water partition coefficient (Wildman–Crippen LogP) is 3.78. The zero-order valence-corrected chi connectivity index (χ0v) is 12.8. The summed E-state index contributed by atoms with van der Waals surface area (Å²) in [6, 6.07) is 10.1. The van der Waals surface area contributed by atoms with E-state index in [1.807, 2.05) is 54.5 Å². The predicted molar refractivity (Wildman–Crippen MR) is 86.7 cm³/mol. The van der Waals surface area contributed by atoms with Crippen LogP contribution in [0.3, 0.4) is 0 Å². The zero-order chi connectivity index (χ0) is 15.0. The fourth-order valence-corrected chi connectivity index (χ4v) is 3.29. The van der Waals surface area contributed by atoms with Crippen LogP contribution in [0.25, 0.3) is 16.8 Å². The van der Waals surface area contributed by atoms with Crippen LogP contribution < -0.4 is 0 Å². The third-order valence-electron chi connectivity index (χ3n) is 3.54. The van der Waals surface area contributed by atoms with Crippen LogP contribution in [0.15, 0.2) is 41.5 Å². The Bertz CT molecular complexity index is 703. The molecule has 2 aromatic rings. The van der Waals surface area contributed by atoms with Gasteiger partial charge in [-0.05, 0) is 13.8 Å². The largest absolute Gasteiger partial charge is 0.510 e. The standard InChI is InChI=1S/C16H17N3OS/c1-10(2)19-8-13(20)14(15(19)17)16-18-12(9-21-16)11-6-4-3-5-7-11/h3-7,9-10,17,20H,8H2,1-2H3. The first-order valence-corrected chi connectivity index (χ1v) is 7.75. The van der Waals surface area contributed by atoms with E-state index in [0.717, 1.165) is 11.3 Å². The lowest BCUT2D eigenvalue weighted by Crippen LogP contribution is -2.33. The molecule has 0 radical (unpaired) electrons. The lowest BCUT2D eigenvalue weighted by atomic mass is 10.2. The Balaban J connectivity index is 1.94. The number of aliphatic hydroxyl groups is 1. The van der Waals surface area contributed by atoms with Crippen molar-refractivity contribution in [3.05, 3.63) is 46.5 Å². The number of hydrogen-bond acceptors (Lipinski definition) is 4. The van der Waals surface area contributed by atoms with Crippen LogP contribution >= 0.6 is 11.3 Å². The molecule has 0 saturated heterocycles. The summed E-state index contributed by atoms with van der Waals surface area (Å²) in [4.78, 5) is 6.46. The molecule has 0 fully saturated rings. The van der Waals surface area contributed by atoms with Crippen molar-refractivity contribution in [3.63, 3.8) is 0 Å². The molecule has 0 aliphatic carbocycles. The van der Waals surface area contributed by atoms with Crippen LogP contribution in [-0.4, -0.2) is 33.4 Å². The first-order valence-electron chi connectivity index (χ1n) is 6.87. The van der Waals surface area contributed by atoms with Gasteiger partial charge in [0.15, 0.2) is 0 Å². The fraction of sp³-hybridized carbons (Fsp3) is 0.250. The van der Waals surface area contributed by atoms with E-state index in [1.165, 1.54) is 11.3 Å². The minimum absolute atomic E-state index is 0.186. The van der Waals surface area contributed by atoms with Crippen LogP contribution in [0, 0.1) is 5.41 Å². The second-order valence-electron chi connectivity index (χ2n) is 5.30. The third-order valence-corrected chi connectivity index (χ3v) is 4.40. The molecule has 0 atom stereocenters. The number of aliphatic hydroxyl groups excluding tert-OH is 1. The Kier molecular flexibility index (Phi) is 3.51. The van der Waals surface area contributed by atoms with Gasteiger partial charge >= 0.3 is 0 Å². The van der Waals surface area contributed by atoms with Crippen LogP contribution in [0.5, 0.6) is 0 Å². The minimum atomic E-state index is 0.186. The molecule has 1 aromatic carbocycles. The number of amidine groups is 1. The van der Waals surface area contributed by atoms with Gasteiger partial charge in [-0.3, -0.25) is 5.41 Å². The molecule has 1 aliphatic rings. The number of hydrogen-bond donors (Lipinski definition) is 2. The van der Waals surface area contributed by atoms with E-state index in [4.69, 9.17) is 5.41 Å². The average molecular weight is 299 g/mol. The van der Waals surface area contributed by atoms with Gasteiger partial charge in [0.05, 0.1) is 17.8 Å². The Morgan fingerprint density at radius 3 is 2.62 bits per heavy atom. The van der Waals surface area contributed by atoms with Crippen LogP contribution in [-0.2, 0) is 0 Å². The van der Waals surface area contributed by atoms with Crippen molar-refractivity contribution in [2.75, 3.05) is 6.54 Å². The molecule has 21 heavy (non-hydrogen) atoms. The van der Waals surface area contributed by atoms with E-state index >= 15 is 0 Å². The molecule has 0 unspecified atom stereocenters. The van der Waals surface area contributed by atoms with E-state index in [0.29, 0.717) is 23.0 Å². The van der Waals surface area contributed by atoms with Gasteiger partial charge in [-0.25, -0.2) is 4.98 Å². The van der Waals surface area contributed by atoms with Crippen LogP contribution in [0.1, 0.15) is 18.9 Å². The third kappa shape index (κ3) is 2.45. The molecule has 0 bridgehead atoms. The van der Waals surface area contributed by atoms with Gasteiger partial charge in [-0.15, -0.1) is 11.3 Å². The van der Waals surface area contributed by atoms with E-state index in [9.17, 15) is 5.11 Å². The fourth-order valence-electron chi connectivity index (χ4n) is 2.40. The molecule has 2 heterocycles. The summed E-state index contributed by atoms with van der Waals surface area (Å²) in [5.74, 6) is 0.596. The van der Waals surface area contributed by atoms with Crippen molar-refractivity contribution in [3.8, 4) is 11.3 Å². The Morgan fingerprint density at radius 2 is 2.00 bits per heavy atom. The smallest absolute Gasteiger partial charge is 0.135 e. The molecule has 1 aromatic heterocycles. The highest BCUT2D eigenvalue weighted by atomic mass is 32.1. The topological polar surface area (TPSA) is 60.2 Å². The van der Waals surface area contributed by atoms with E-state index in [2.05, 4.69) is 4.98 Å². The maximum atomic E-state index is 10.2. The highest BCUT2D eigenvalue weighted by Gasteiger charge is 2.31. The Labute approximate surface area is 127 Å². The van der Waals surface area contributed by atoms with E-state index in [1.54, 1.807) is 0 Å². The second kappa shape index (κ2) is 5.33. The number of nitrogens with zero attached hydrogens (tertiary/aromatic N) is 2. The SMILES string of the molecule is CC(C)N1CC(O)=C(c2nc(-c3ccccc3)cs2)C1=N. The summed E-state index contributed by atoms with van der Waals surface area (Å²) in [5, 5.41) is 21.1. The lowest BCUT2D eigenvalue weighted by molar-refractivity contribution is 0.318. The van der Waals surface area contributed by atoms with Crippen LogP contribution in [0.2, 0.25) is 0 Å². The van der Waals surface area contributed by atoms with Crippen molar-refractivity contribution < 1.29 is 5.11 Å². The van der Waals surface area contributed by atoms with Gasteiger partial charge in [0, 0.05) is 17.0 Å². The van der Waals surface area contributed by atoms with Gasteiger partial charge in [0.25, 0.3) is 0 Å². The number of thiazole rings is 1. The second-order valence-corrected chi connectivity index (χ2v) is 6.15. The first-order chi connectivity index (χ1) is 10.1. The molecule has 5 heteroatoms. The first kappa shape index (κ1) is 13.8. The van der Waals surface area contributed by atoms with Gasteiger partial charge in [0.2, 0.25) is 0 Å². The minimum Gasteiger partial charge on any atom is -0.510 e. The molecule has 108 valence electrons. The molecule has 2 N–H and O–H groups in total. The monoisotopic (exact) mass is 299 g/mol. The molecule has 4 nitrogen and oxygen atoms in total. The summed E-state index contributed by atoms with van der Waals surface area (Å²) in [6.07, 6.45) is 0. The van der Waals surface area contributed by atoms with Gasteiger partial charge < -0.3 is 10.0 Å². The van der Waals surface area contributed by atoms with Gasteiger partial charge in [-0.2, -0.15) is 0 Å². The van der Waals surface area contributed by atoms with Crippen molar-refractivity contribution in [2.24, 2.45) is 0 Å². The summed E-state index contributed by atoms with van der Waals surface area (Å²) < 4.78 is 0. The van der Waals surface area contributed by atoms with E-state index < -0.39 is 0 Å². The molecule has 0 saturated carbocycles. The molecule has 1 aliphatic heterocycles. The quantitative estimate of drug-likeness (QED) is 0.906. The van der Waals surface area contributed by atoms with Crippen LogP contribution in [0.4, 0.5) is 0 Å². The summed E-state index contributed by atoms with van der Waals surface area (Å²) in [6.45, 7) is 4.43. The van der Waals surface area contributed by atoms with Gasteiger partial charge in [0.1, 0.15) is 16.6 Å². The molecule has 0 spiro atoms. The highest BCUT2D eigenvalue weighted by Crippen LogP contribution is 2.32. The molecule has 0 amide bonds. The summed E-state index contributed by atoms with van der Waals surface area (Å²) in [5.41, 5.74) is 2.49. The zero-order valence-electron chi connectivity index (χ0n) is 12.0. The number of benzene rings is 1. The van der Waals surface area contributed by atoms with Crippen molar-refractivity contribution in [1.29, 1.82) is 5.41 Å². The Hall–Kier alpha value is -2.14. The van der Waals surface area contributed by atoms with Crippen molar-refractivity contribution in [2.45, 2.75) is 19.9 Å². The van der Waals surface area contributed by atoms with E-state index in [-0.39, 0.29) is 11.8 Å².